The van der Waals surface area contributed by atoms with Gasteiger partial charge in [-0.25, -0.2) is 0 Å². The highest BCUT2D eigenvalue weighted by Gasteiger charge is 2.06. The lowest BCUT2D eigenvalue weighted by Crippen LogP contribution is -2.08. The first kappa shape index (κ1) is 22.3. The van der Waals surface area contributed by atoms with Crippen molar-refractivity contribution >= 4 is 22.7 Å². The van der Waals surface area contributed by atoms with Gasteiger partial charge in [0.1, 0.15) is 11.5 Å². The molecule has 35 heavy (non-hydrogen) atoms. The zero-order valence-corrected chi connectivity index (χ0v) is 20.0. The number of hydrogen-bond acceptors (Lipinski definition) is 3. The number of benzene rings is 5. The fraction of sp³-hybridized carbons (Fsp3) is 0.0625. The fourth-order valence-corrected chi connectivity index (χ4v) is 4.07. The van der Waals surface area contributed by atoms with E-state index in [4.69, 9.17) is 4.74 Å². The molecule has 0 N–H and O–H groups in total. The summed E-state index contributed by atoms with van der Waals surface area (Å²) >= 11 is 0. The average Bonchev–Trinajstić information content (AvgIpc) is 2.94. The van der Waals surface area contributed by atoms with Crippen LogP contribution < -0.4 is 14.5 Å². The van der Waals surface area contributed by atoms with E-state index >= 15 is 0 Å². The van der Waals surface area contributed by atoms with Crippen LogP contribution in [0.5, 0.6) is 11.5 Å². The van der Waals surface area contributed by atoms with Crippen molar-refractivity contribution in [2.45, 2.75) is 0 Å². The minimum Gasteiger partial charge on any atom is -0.457 e. The van der Waals surface area contributed by atoms with Gasteiger partial charge in [-0.05, 0) is 83.9 Å². The molecule has 0 aliphatic carbocycles. The van der Waals surface area contributed by atoms with Gasteiger partial charge in [-0.15, -0.1) is 0 Å². The molecule has 0 saturated carbocycles. The first-order chi connectivity index (χ1) is 17.2. The maximum absolute atomic E-state index is 6.08. The lowest BCUT2D eigenvalue weighted by atomic mass is 10.0. The standard InChI is InChI=1S/C32H28N2O/c1-33(27-9-5-3-6-10-27)29-17-13-25(14-18-29)26-15-21-31(22-16-26)35-32-23-19-30(20-24-32)34(2)28-11-7-4-8-12-28/h3-24H,1-2H3. The van der Waals surface area contributed by atoms with E-state index in [-0.39, 0.29) is 0 Å². The Hall–Kier alpha value is -4.50. The van der Waals surface area contributed by atoms with Gasteiger partial charge in [0.25, 0.3) is 0 Å². The Labute approximate surface area is 207 Å². The van der Waals surface area contributed by atoms with E-state index in [1.54, 1.807) is 0 Å². The van der Waals surface area contributed by atoms with Crippen molar-refractivity contribution < 1.29 is 4.74 Å². The zero-order valence-electron chi connectivity index (χ0n) is 20.0. The van der Waals surface area contributed by atoms with Crippen molar-refractivity contribution in [3.63, 3.8) is 0 Å². The second-order valence-electron chi connectivity index (χ2n) is 8.46. The molecule has 0 unspecified atom stereocenters. The molecule has 5 aromatic rings. The molecule has 0 heterocycles. The molecule has 5 aromatic carbocycles. The van der Waals surface area contributed by atoms with Gasteiger partial charge in [0, 0.05) is 36.8 Å². The van der Waals surface area contributed by atoms with Crippen molar-refractivity contribution in [3.05, 3.63) is 133 Å². The van der Waals surface area contributed by atoms with E-state index in [2.05, 4.69) is 109 Å². The number of hydrogen-bond donors (Lipinski definition) is 0. The summed E-state index contributed by atoms with van der Waals surface area (Å²) in [5.74, 6) is 1.63. The number of para-hydroxylation sites is 2. The summed E-state index contributed by atoms with van der Waals surface area (Å²) in [6.07, 6.45) is 0. The van der Waals surface area contributed by atoms with Gasteiger partial charge in [-0.2, -0.15) is 0 Å². The molecule has 0 bridgehead atoms. The molecule has 0 atom stereocenters. The summed E-state index contributed by atoms with van der Waals surface area (Å²) in [5.41, 5.74) is 6.92. The summed E-state index contributed by atoms with van der Waals surface area (Å²) < 4.78 is 6.08. The smallest absolute Gasteiger partial charge is 0.127 e. The van der Waals surface area contributed by atoms with Crippen LogP contribution in [-0.4, -0.2) is 14.1 Å². The Morgan fingerprint density at radius 1 is 0.371 bits per heavy atom. The van der Waals surface area contributed by atoms with Gasteiger partial charge in [-0.3, -0.25) is 0 Å². The molecule has 0 aliphatic heterocycles. The van der Waals surface area contributed by atoms with Crippen LogP contribution in [0.1, 0.15) is 0 Å². The minimum absolute atomic E-state index is 0.816. The van der Waals surface area contributed by atoms with Crippen molar-refractivity contribution in [1.82, 2.24) is 0 Å². The molecule has 0 saturated heterocycles. The predicted molar refractivity (Wildman–Crippen MR) is 147 cm³/mol. The number of nitrogens with zero attached hydrogens (tertiary/aromatic N) is 2. The van der Waals surface area contributed by atoms with Crippen molar-refractivity contribution in [2.24, 2.45) is 0 Å². The molecule has 0 aliphatic rings. The third-order valence-electron chi connectivity index (χ3n) is 6.19. The largest absolute Gasteiger partial charge is 0.457 e. The third kappa shape index (κ3) is 5.20. The van der Waals surface area contributed by atoms with Crippen LogP contribution in [0.2, 0.25) is 0 Å². The Bertz CT molecular complexity index is 1350. The first-order valence-electron chi connectivity index (χ1n) is 11.7. The Morgan fingerprint density at radius 2 is 0.686 bits per heavy atom. The van der Waals surface area contributed by atoms with Crippen LogP contribution in [0.4, 0.5) is 22.7 Å². The molecule has 0 radical (unpaired) electrons. The predicted octanol–water partition coefficient (Wildman–Crippen LogP) is 8.68. The molecule has 0 aromatic heterocycles. The Balaban J connectivity index is 1.24. The Kier molecular flexibility index (Phi) is 6.49. The van der Waals surface area contributed by atoms with Gasteiger partial charge in [0.2, 0.25) is 0 Å². The van der Waals surface area contributed by atoms with Gasteiger partial charge in [-0.1, -0.05) is 60.7 Å². The van der Waals surface area contributed by atoms with Crippen LogP contribution in [0.25, 0.3) is 11.1 Å². The van der Waals surface area contributed by atoms with Crippen molar-refractivity contribution in [3.8, 4) is 22.6 Å². The van der Waals surface area contributed by atoms with Crippen LogP contribution in [0.3, 0.4) is 0 Å². The van der Waals surface area contributed by atoms with E-state index in [0.29, 0.717) is 0 Å². The number of rotatable bonds is 7. The zero-order chi connectivity index (χ0) is 24.0. The summed E-state index contributed by atoms with van der Waals surface area (Å²) in [7, 11) is 4.15. The van der Waals surface area contributed by atoms with Gasteiger partial charge < -0.3 is 14.5 Å². The molecular formula is C32H28N2O. The molecule has 172 valence electrons. The maximum Gasteiger partial charge on any atom is 0.127 e. The molecule has 3 heteroatoms. The van der Waals surface area contributed by atoms with Crippen molar-refractivity contribution in [2.75, 3.05) is 23.9 Å². The summed E-state index contributed by atoms with van der Waals surface area (Å²) in [5, 5.41) is 0. The van der Waals surface area contributed by atoms with E-state index in [1.165, 1.54) is 11.3 Å². The highest BCUT2D eigenvalue weighted by molar-refractivity contribution is 5.70. The first-order valence-corrected chi connectivity index (χ1v) is 11.7. The lowest BCUT2D eigenvalue weighted by molar-refractivity contribution is 0.483. The van der Waals surface area contributed by atoms with E-state index in [0.717, 1.165) is 34.1 Å². The van der Waals surface area contributed by atoms with Gasteiger partial charge >= 0.3 is 0 Å². The van der Waals surface area contributed by atoms with Crippen LogP contribution in [0.15, 0.2) is 133 Å². The summed E-state index contributed by atoms with van der Waals surface area (Å²) in [4.78, 5) is 4.34. The van der Waals surface area contributed by atoms with Crippen LogP contribution in [-0.2, 0) is 0 Å². The fourth-order valence-electron chi connectivity index (χ4n) is 4.07. The summed E-state index contributed by atoms with van der Waals surface area (Å²) in [6.45, 7) is 0. The normalized spacial score (nSPS) is 10.6. The van der Waals surface area contributed by atoms with Gasteiger partial charge in [0.15, 0.2) is 0 Å². The quantitative estimate of drug-likeness (QED) is 0.244. The summed E-state index contributed by atoms with van der Waals surface area (Å²) in [6, 6.07) is 45.7. The van der Waals surface area contributed by atoms with Gasteiger partial charge in [0.05, 0.1) is 0 Å². The topological polar surface area (TPSA) is 15.7 Å². The second-order valence-corrected chi connectivity index (χ2v) is 8.46. The molecule has 0 fully saturated rings. The van der Waals surface area contributed by atoms with Crippen LogP contribution >= 0.6 is 0 Å². The molecule has 3 nitrogen and oxygen atoms in total. The minimum atomic E-state index is 0.816. The molecule has 0 spiro atoms. The second kappa shape index (κ2) is 10.2. The molecule has 0 amide bonds. The monoisotopic (exact) mass is 456 g/mol. The number of anilines is 4. The highest BCUT2D eigenvalue weighted by Crippen LogP contribution is 2.30. The highest BCUT2D eigenvalue weighted by atomic mass is 16.5. The maximum atomic E-state index is 6.08. The van der Waals surface area contributed by atoms with Crippen LogP contribution in [0, 0.1) is 0 Å². The SMILES string of the molecule is CN(c1ccccc1)c1ccc(Oc2ccc(-c3ccc(N(C)c4ccccc4)cc3)cc2)cc1. The van der Waals surface area contributed by atoms with E-state index in [9.17, 15) is 0 Å². The van der Waals surface area contributed by atoms with E-state index in [1.807, 2.05) is 48.5 Å². The van der Waals surface area contributed by atoms with E-state index < -0.39 is 0 Å². The third-order valence-corrected chi connectivity index (χ3v) is 6.19. The molecule has 5 rings (SSSR count). The number of ether oxygens (including phenoxy) is 1. The molecular weight excluding hydrogens is 428 g/mol. The average molecular weight is 457 g/mol. The Morgan fingerprint density at radius 3 is 1.11 bits per heavy atom. The van der Waals surface area contributed by atoms with Crippen molar-refractivity contribution in [1.29, 1.82) is 0 Å². The lowest BCUT2D eigenvalue weighted by Gasteiger charge is -2.20.